The predicted octanol–water partition coefficient (Wildman–Crippen LogP) is 2.75. The summed E-state index contributed by atoms with van der Waals surface area (Å²) in [5, 5.41) is 4.54. The SMILES string of the molecule is Cc1cc2c(s1)NC1=CCCC=C1N=C2N. The van der Waals surface area contributed by atoms with Crippen molar-refractivity contribution in [2.75, 3.05) is 5.32 Å². The molecule has 1 aliphatic heterocycles. The third-order valence-electron chi connectivity index (χ3n) is 2.75. The van der Waals surface area contributed by atoms with Crippen molar-refractivity contribution in [2.24, 2.45) is 10.7 Å². The van der Waals surface area contributed by atoms with Crippen LogP contribution in [0.1, 0.15) is 23.3 Å². The van der Waals surface area contributed by atoms with Crippen molar-refractivity contribution in [3.8, 4) is 0 Å². The van der Waals surface area contributed by atoms with Gasteiger partial charge in [0.05, 0.1) is 17.0 Å². The lowest BCUT2D eigenvalue weighted by atomic mass is 10.1. The van der Waals surface area contributed by atoms with Crippen LogP contribution in [0.4, 0.5) is 5.00 Å². The molecule has 0 unspecified atom stereocenters. The van der Waals surface area contributed by atoms with Gasteiger partial charge in [0.1, 0.15) is 10.8 Å². The first-order valence-electron chi connectivity index (χ1n) is 5.37. The molecule has 3 rings (SSSR count). The fourth-order valence-corrected chi connectivity index (χ4v) is 2.93. The molecule has 3 N–H and O–H groups in total. The Balaban J connectivity index is 2.16. The molecular formula is C12H13N3S. The van der Waals surface area contributed by atoms with Crippen molar-refractivity contribution in [1.82, 2.24) is 0 Å². The van der Waals surface area contributed by atoms with Crippen LogP contribution in [-0.4, -0.2) is 5.84 Å². The Bertz CT molecular complexity index is 534. The highest BCUT2D eigenvalue weighted by Gasteiger charge is 2.19. The smallest absolute Gasteiger partial charge is 0.134 e. The summed E-state index contributed by atoms with van der Waals surface area (Å²) in [6.07, 6.45) is 6.44. The van der Waals surface area contributed by atoms with E-state index in [-0.39, 0.29) is 0 Å². The van der Waals surface area contributed by atoms with Crippen molar-refractivity contribution in [2.45, 2.75) is 19.8 Å². The highest BCUT2D eigenvalue weighted by Crippen LogP contribution is 2.34. The molecule has 1 aromatic heterocycles. The number of hydrogen-bond donors (Lipinski definition) is 2. The van der Waals surface area contributed by atoms with Gasteiger partial charge in [-0.05, 0) is 25.8 Å². The van der Waals surface area contributed by atoms with Crippen molar-refractivity contribution >= 4 is 22.2 Å². The minimum Gasteiger partial charge on any atom is -0.383 e. The largest absolute Gasteiger partial charge is 0.383 e. The number of allylic oxidation sites excluding steroid dienone is 2. The third kappa shape index (κ3) is 1.46. The van der Waals surface area contributed by atoms with Gasteiger partial charge in [-0.2, -0.15) is 0 Å². The molecule has 2 aliphatic rings. The molecule has 4 heteroatoms. The fraction of sp³-hybridized carbons (Fsp3) is 0.250. The van der Waals surface area contributed by atoms with Crippen molar-refractivity contribution in [1.29, 1.82) is 0 Å². The third-order valence-corrected chi connectivity index (χ3v) is 3.72. The molecule has 0 aromatic carbocycles. The summed E-state index contributed by atoms with van der Waals surface area (Å²) < 4.78 is 0. The van der Waals surface area contributed by atoms with Crippen LogP contribution in [-0.2, 0) is 0 Å². The van der Waals surface area contributed by atoms with Crippen LogP contribution in [0.15, 0.2) is 34.6 Å². The molecule has 0 spiro atoms. The number of nitrogens with one attached hydrogen (secondary N) is 1. The molecular weight excluding hydrogens is 218 g/mol. The summed E-state index contributed by atoms with van der Waals surface area (Å²) in [5.74, 6) is 0.614. The zero-order valence-electron chi connectivity index (χ0n) is 9.08. The van der Waals surface area contributed by atoms with E-state index in [9.17, 15) is 0 Å². The maximum absolute atomic E-state index is 6.02. The van der Waals surface area contributed by atoms with Crippen molar-refractivity contribution in [3.05, 3.63) is 40.1 Å². The molecule has 0 saturated heterocycles. The van der Waals surface area contributed by atoms with Crippen LogP contribution < -0.4 is 11.1 Å². The van der Waals surface area contributed by atoms with Gasteiger partial charge in [0, 0.05) is 4.88 Å². The summed E-state index contributed by atoms with van der Waals surface area (Å²) in [6.45, 7) is 2.08. The number of amidine groups is 1. The number of fused-ring (bicyclic) bond motifs is 2. The second-order valence-corrected chi connectivity index (χ2v) is 5.26. The second kappa shape index (κ2) is 3.49. The van der Waals surface area contributed by atoms with Crippen LogP contribution >= 0.6 is 11.3 Å². The Labute approximate surface area is 98.4 Å². The van der Waals surface area contributed by atoms with Gasteiger partial charge in [-0.15, -0.1) is 11.3 Å². The summed E-state index contributed by atoms with van der Waals surface area (Å²) in [5.41, 5.74) is 9.11. The quantitative estimate of drug-likeness (QED) is 0.721. The topological polar surface area (TPSA) is 50.4 Å². The summed E-state index contributed by atoms with van der Waals surface area (Å²) in [4.78, 5) is 5.73. The van der Waals surface area contributed by atoms with E-state index in [1.165, 1.54) is 4.88 Å². The number of hydrogen-bond acceptors (Lipinski definition) is 4. The standard InChI is InChI=1S/C12H13N3S/c1-7-6-8-11(13)14-9-4-2-3-5-10(9)15-12(8)16-7/h4-6,15H,2-3H2,1H3,(H2,13,14). The summed E-state index contributed by atoms with van der Waals surface area (Å²) >= 11 is 1.72. The molecule has 0 saturated carbocycles. The number of anilines is 1. The zero-order chi connectivity index (χ0) is 11.1. The first-order valence-corrected chi connectivity index (χ1v) is 6.18. The lowest BCUT2D eigenvalue weighted by Crippen LogP contribution is -2.12. The van der Waals surface area contributed by atoms with E-state index in [0.29, 0.717) is 5.84 Å². The molecule has 0 bridgehead atoms. The van der Waals surface area contributed by atoms with Gasteiger partial charge in [-0.1, -0.05) is 12.2 Å². The fourth-order valence-electron chi connectivity index (χ4n) is 1.99. The molecule has 16 heavy (non-hydrogen) atoms. The average molecular weight is 231 g/mol. The first kappa shape index (κ1) is 9.66. The van der Waals surface area contributed by atoms with Crippen molar-refractivity contribution in [3.63, 3.8) is 0 Å². The van der Waals surface area contributed by atoms with E-state index in [2.05, 4.69) is 35.5 Å². The highest BCUT2D eigenvalue weighted by molar-refractivity contribution is 7.16. The Hall–Kier alpha value is -1.55. The highest BCUT2D eigenvalue weighted by atomic mass is 32.1. The van der Waals surface area contributed by atoms with E-state index in [1.807, 2.05) is 0 Å². The van der Waals surface area contributed by atoms with Gasteiger partial charge in [0.2, 0.25) is 0 Å². The van der Waals surface area contributed by atoms with Gasteiger partial charge in [-0.3, -0.25) is 0 Å². The first-order chi connectivity index (χ1) is 7.74. The number of thiophene rings is 1. The van der Waals surface area contributed by atoms with Crippen LogP contribution in [0.5, 0.6) is 0 Å². The monoisotopic (exact) mass is 231 g/mol. The maximum atomic E-state index is 6.02. The van der Waals surface area contributed by atoms with E-state index in [0.717, 1.165) is 34.8 Å². The number of nitrogens with two attached hydrogens (primary N) is 1. The van der Waals surface area contributed by atoms with Gasteiger partial charge in [0.15, 0.2) is 0 Å². The second-order valence-electron chi connectivity index (χ2n) is 4.01. The van der Waals surface area contributed by atoms with Gasteiger partial charge in [-0.25, -0.2) is 4.99 Å². The van der Waals surface area contributed by atoms with Crippen LogP contribution in [0.2, 0.25) is 0 Å². The molecule has 0 fully saturated rings. The summed E-state index contributed by atoms with van der Waals surface area (Å²) in [6, 6.07) is 2.09. The number of rotatable bonds is 0. The lowest BCUT2D eigenvalue weighted by molar-refractivity contribution is 0.986. The molecule has 0 radical (unpaired) electrons. The normalized spacial score (nSPS) is 18.4. The molecule has 82 valence electrons. The Kier molecular flexibility index (Phi) is 2.11. The van der Waals surface area contributed by atoms with E-state index >= 15 is 0 Å². The average Bonchev–Trinajstić information content (AvgIpc) is 2.57. The number of nitrogens with zero attached hydrogens (tertiary/aromatic N) is 1. The van der Waals surface area contributed by atoms with Crippen molar-refractivity contribution < 1.29 is 0 Å². The molecule has 1 aromatic rings. The predicted molar refractivity (Wildman–Crippen MR) is 68.8 cm³/mol. The van der Waals surface area contributed by atoms with E-state index in [1.54, 1.807) is 11.3 Å². The zero-order valence-corrected chi connectivity index (χ0v) is 9.90. The van der Waals surface area contributed by atoms with Gasteiger partial charge in [0.25, 0.3) is 0 Å². The number of aliphatic imine (C=N–C) groups is 1. The minimum atomic E-state index is 0.614. The molecule has 3 nitrogen and oxygen atoms in total. The molecule has 2 heterocycles. The molecule has 0 amide bonds. The van der Waals surface area contributed by atoms with Crippen LogP contribution in [0.25, 0.3) is 0 Å². The lowest BCUT2D eigenvalue weighted by Gasteiger charge is -2.11. The Morgan fingerprint density at radius 1 is 1.38 bits per heavy atom. The van der Waals surface area contributed by atoms with Crippen LogP contribution in [0, 0.1) is 6.92 Å². The Morgan fingerprint density at radius 2 is 2.19 bits per heavy atom. The van der Waals surface area contributed by atoms with E-state index < -0.39 is 0 Å². The summed E-state index contributed by atoms with van der Waals surface area (Å²) in [7, 11) is 0. The molecule has 0 atom stereocenters. The van der Waals surface area contributed by atoms with Crippen LogP contribution in [0.3, 0.4) is 0 Å². The van der Waals surface area contributed by atoms with Gasteiger partial charge < -0.3 is 11.1 Å². The number of aryl methyl sites for hydroxylation is 1. The maximum Gasteiger partial charge on any atom is 0.134 e. The van der Waals surface area contributed by atoms with E-state index in [4.69, 9.17) is 5.73 Å². The molecule has 1 aliphatic carbocycles. The van der Waals surface area contributed by atoms with Gasteiger partial charge >= 0.3 is 0 Å². The minimum absolute atomic E-state index is 0.614. The Morgan fingerprint density at radius 3 is 3.06 bits per heavy atom.